The van der Waals surface area contributed by atoms with Crippen LogP contribution in [0.2, 0.25) is 0 Å². The summed E-state index contributed by atoms with van der Waals surface area (Å²) in [6, 6.07) is 0.119. The normalized spacial score (nSPS) is 27.4. The Morgan fingerprint density at radius 1 is 1.25 bits per heavy atom. The van der Waals surface area contributed by atoms with E-state index in [1.54, 1.807) is 4.31 Å². The number of hydrogen-bond acceptors (Lipinski definition) is 3. The van der Waals surface area contributed by atoms with Crippen LogP contribution in [0.3, 0.4) is 0 Å². The molecular formula is C14H25NO4S. The van der Waals surface area contributed by atoms with E-state index in [-0.39, 0.29) is 6.04 Å². The third-order valence-electron chi connectivity index (χ3n) is 4.36. The Morgan fingerprint density at radius 2 is 1.90 bits per heavy atom. The molecule has 1 N–H and O–H groups in total. The van der Waals surface area contributed by atoms with Crippen molar-refractivity contribution in [3.63, 3.8) is 0 Å². The van der Waals surface area contributed by atoms with Gasteiger partial charge in [0.2, 0.25) is 10.0 Å². The second kappa shape index (κ2) is 6.02. The van der Waals surface area contributed by atoms with Crippen molar-refractivity contribution in [2.24, 2.45) is 11.8 Å². The van der Waals surface area contributed by atoms with Crippen molar-refractivity contribution in [2.75, 3.05) is 6.54 Å². The molecule has 5 nitrogen and oxygen atoms in total. The first-order valence-corrected chi connectivity index (χ1v) is 9.07. The molecule has 0 radical (unpaired) electrons. The monoisotopic (exact) mass is 303 g/mol. The van der Waals surface area contributed by atoms with Gasteiger partial charge in [-0.05, 0) is 38.0 Å². The zero-order chi connectivity index (χ0) is 14.9. The first kappa shape index (κ1) is 15.8. The van der Waals surface area contributed by atoms with Gasteiger partial charge in [0, 0.05) is 12.6 Å². The maximum Gasteiger partial charge on any atom is 0.307 e. The minimum Gasteiger partial charge on any atom is -0.481 e. The molecule has 0 spiro atoms. The number of carboxylic acids is 1. The maximum atomic E-state index is 12.8. The molecule has 0 aromatic rings. The van der Waals surface area contributed by atoms with Gasteiger partial charge in [-0.1, -0.05) is 20.3 Å². The van der Waals surface area contributed by atoms with E-state index in [9.17, 15) is 18.3 Å². The van der Waals surface area contributed by atoms with Crippen molar-refractivity contribution in [3.05, 3.63) is 0 Å². The highest BCUT2D eigenvalue weighted by Gasteiger charge is 2.47. The molecule has 20 heavy (non-hydrogen) atoms. The Kier molecular flexibility index (Phi) is 4.74. The van der Waals surface area contributed by atoms with E-state index in [0.29, 0.717) is 31.7 Å². The van der Waals surface area contributed by atoms with Gasteiger partial charge in [0.1, 0.15) is 0 Å². The standard InChI is InChI=1S/C14H25NO4S/c1-10(2)8-9-15(11-6-7-11)20(18,19)13-5-3-4-12(13)14(16)17/h10-13H,3-9H2,1-2H3,(H,16,17). The first-order chi connectivity index (χ1) is 9.34. The van der Waals surface area contributed by atoms with Crippen LogP contribution in [0.5, 0.6) is 0 Å². The molecule has 2 unspecified atom stereocenters. The molecule has 2 aliphatic carbocycles. The lowest BCUT2D eigenvalue weighted by atomic mass is 10.1. The number of nitrogens with zero attached hydrogens (tertiary/aromatic N) is 1. The number of aliphatic carboxylic acids is 1. The number of carboxylic acid groups (broad SMARTS) is 1. The molecule has 0 aliphatic heterocycles. The molecule has 2 fully saturated rings. The van der Waals surface area contributed by atoms with Gasteiger partial charge < -0.3 is 5.11 Å². The van der Waals surface area contributed by atoms with E-state index >= 15 is 0 Å². The highest BCUT2D eigenvalue weighted by molar-refractivity contribution is 7.89. The van der Waals surface area contributed by atoms with Crippen LogP contribution in [0, 0.1) is 11.8 Å². The summed E-state index contributed by atoms with van der Waals surface area (Å²) in [6.07, 6.45) is 4.35. The number of carbonyl (C=O) groups is 1. The zero-order valence-electron chi connectivity index (χ0n) is 12.3. The van der Waals surface area contributed by atoms with Crippen molar-refractivity contribution in [2.45, 2.75) is 63.7 Å². The summed E-state index contributed by atoms with van der Waals surface area (Å²) in [6.45, 7) is 4.69. The fourth-order valence-electron chi connectivity index (χ4n) is 3.00. The van der Waals surface area contributed by atoms with E-state index in [1.165, 1.54) is 0 Å². The van der Waals surface area contributed by atoms with Gasteiger partial charge in [-0.3, -0.25) is 4.79 Å². The van der Waals surface area contributed by atoms with Crippen molar-refractivity contribution in [1.82, 2.24) is 4.31 Å². The Hall–Kier alpha value is -0.620. The molecule has 2 saturated carbocycles. The van der Waals surface area contributed by atoms with E-state index in [1.807, 2.05) is 0 Å². The number of sulfonamides is 1. The first-order valence-electron chi connectivity index (χ1n) is 7.57. The highest BCUT2D eigenvalue weighted by atomic mass is 32.2. The number of hydrogen-bond donors (Lipinski definition) is 1. The molecule has 0 aromatic carbocycles. The molecule has 2 aliphatic rings. The second-order valence-corrected chi connectivity index (χ2v) is 8.59. The smallest absolute Gasteiger partial charge is 0.307 e. The predicted molar refractivity (Wildman–Crippen MR) is 76.9 cm³/mol. The van der Waals surface area contributed by atoms with E-state index in [4.69, 9.17) is 0 Å². The minimum absolute atomic E-state index is 0.119. The van der Waals surface area contributed by atoms with Gasteiger partial charge in [0.15, 0.2) is 0 Å². The Labute approximate surface area is 121 Å². The summed E-state index contributed by atoms with van der Waals surface area (Å²) in [5, 5.41) is 8.50. The molecular weight excluding hydrogens is 278 g/mol. The van der Waals surface area contributed by atoms with E-state index in [2.05, 4.69) is 13.8 Å². The van der Waals surface area contributed by atoms with Crippen molar-refractivity contribution in [3.8, 4) is 0 Å². The summed E-state index contributed by atoms with van der Waals surface area (Å²) in [5.41, 5.74) is 0. The predicted octanol–water partition coefficient (Wildman–Crippen LogP) is 2.08. The fourth-order valence-corrected chi connectivity index (χ4v) is 5.47. The largest absolute Gasteiger partial charge is 0.481 e. The van der Waals surface area contributed by atoms with Crippen LogP contribution >= 0.6 is 0 Å². The highest BCUT2D eigenvalue weighted by Crippen LogP contribution is 2.38. The molecule has 0 saturated heterocycles. The SMILES string of the molecule is CC(C)CCN(C1CC1)S(=O)(=O)C1CCCC1C(=O)O. The van der Waals surface area contributed by atoms with Crippen molar-refractivity contribution in [1.29, 1.82) is 0 Å². The Balaban J connectivity index is 2.15. The average Bonchev–Trinajstić information content (AvgIpc) is 3.03. The van der Waals surface area contributed by atoms with Gasteiger partial charge in [-0.2, -0.15) is 4.31 Å². The summed E-state index contributed by atoms with van der Waals surface area (Å²) in [4.78, 5) is 11.2. The van der Waals surface area contributed by atoms with Gasteiger partial charge in [0.05, 0.1) is 11.2 Å². The van der Waals surface area contributed by atoms with E-state index in [0.717, 1.165) is 19.3 Å². The van der Waals surface area contributed by atoms with Gasteiger partial charge in [0.25, 0.3) is 0 Å². The summed E-state index contributed by atoms with van der Waals surface area (Å²) in [5.74, 6) is -1.23. The average molecular weight is 303 g/mol. The van der Waals surface area contributed by atoms with Crippen LogP contribution in [-0.4, -0.2) is 41.6 Å². The lowest BCUT2D eigenvalue weighted by Gasteiger charge is -2.28. The second-order valence-electron chi connectivity index (χ2n) is 6.48. The fraction of sp³-hybridized carbons (Fsp3) is 0.929. The Bertz CT molecular complexity index is 456. The lowest BCUT2D eigenvalue weighted by Crippen LogP contribution is -2.44. The van der Waals surface area contributed by atoms with Crippen molar-refractivity contribution >= 4 is 16.0 Å². The van der Waals surface area contributed by atoms with Crippen LogP contribution in [0.25, 0.3) is 0 Å². The molecule has 0 heterocycles. The molecule has 6 heteroatoms. The van der Waals surface area contributed by atoms with Crippen LogP contribution in [-0.2, 0) is 14.8 Å². The summed E-state index contributed by atoms with van der Waals surface area (Å²) in [7, 11) is -3.47. The van der Waals surface area contributed by atoms with Gasteiger partial charge >= 0.3 is 5.97 Å². The lowest BCUT2D eigenvalue weighted by molar-refractivity contribution is -0.141. The van der Waals surface area contributed by atoms with Gasteiger partial charge in [-0.15, -0.1) is 0 Å². The number of rotatable bonds is 7. The quantitative estimate of drug-likeness (QED) is 0.781. The molecule has 0 amide bonds. The maximum absolute atomic E-state index is 12.8. The zero-order valence-corrected chi connectivity index (χ0v) is 13.1. The van der Waals surface area contributed by atoms with E-state index < -0.39 is 27.2 Å². The van der Waals surface area contributed by atoms with Crippen LogP contribution in [0.15, 0.2) is 0 Å². The molecule has 116 valence electrons. The minimum atomic E-state index is -3.47. The summed E-state index contributed by atoms with van der Waals surface area (Å²) < 4.78 is 27.2. The van der Waals surface area contributed by atoms with Crippen LogP contribution < -0.4 is 0 Å². The van der Waals surface area contributed by atoms with Gasteiger partial charge in [-0.25, -0.2) is 8.42 Å². The van der Waals surface area contributed by atoms with Crippen LogP contribution in [0.4, 0.5) is 0 Å². The van der Waals surface area contributed by atoms with Crippen LogP contribution in [0.1, 0.15) is 52.4 Å². The molecule has 0 bridgehead atoms. The topological polar surface area (TPSA) is 74.7 Å². The Morgan fingerprint density at radius 3 is 2.40 bits per heavy atom. The summed E-state index contributed by atoms with van der Waals surface area (Å²) >= 11 is 0. The molecule has 0 aromatic heterocycles. The molecule has 2 rings (SSSR count). The molecule has 2 atom stereocenters. The van der Waals surface area contributed by atoms with Crippen molar-refractivity contribution < 1.29 is 18.3 Å². The third kappa shape index (κ3) is 3.34. The third-order valence-corrected chi connectivity index (χ3v) is 6.82.